The first-order chi connectivity index (χ1) is 11.1. The number of halogens is 2. The normalized spacial score (nSPS) is 12.3. The molecule has 3 aromatic rings. The van der Waals surface area contributed by atoms with Crippen LogP contribution in [0.3, 0.4) is 0 Å². The van der Waals surface area contributed by atoms with Crippen LogP contribution < -0.4 is 16.4 Å². The molecule has 0 unspecified atom stereocenters. The molecule has 0 nitrogen and oxygen atoms in total. The molecule has 0 aliphatic carbocycles. The summed E-state index contributed by atoms with van der Waals surface area (Å²) in [4.78, 5) is 0. The Balaban J connectivity index is 2.05. The molecule has 112 valence electrons. The van der Waals surface area contributed by atoms with Gasteiger partial charge in [0.2, 0.25) is 6.71 Å². The second kappa shape index (κ2) is 5.44. The molecule has 0 spiro atoms. The molecule has 23 heavy (non-hydrogen) atoms. The third kappa shape index (κ3) is 2.31. The van der Waals surface area contributed by atoms with E-state index in [4.69, 9.17) is 23.2 Å². The van der Waals surface area contributed by atoms with Crippen molar-refractivity contribution in [2.24, 2.45) is 0 Å². The predicted molar refractivity (Wildman–Crippen MR) is 102 cm³/mol. The molecular weight excluding hydrogens is 322 g/mol. The molecule has 1 aliphatic rings. The lowest BCUT2D eigenvalue weighted by molar-refractivity contribution is 1.48. The van der Waals surface area contributed by atoms with E-state index in [1.54, 1.807) is 0 Å². The summed E-state index contributed by atoms with van der Waals surface area (Å²) < 4.78 is 0. The summed E-state index contributed by atoms with van der Waals surface area (Å²) in [5.41, 5.74) is 8.56. The Bertz CT molecular complexity index is 859. The van der Waals surface area contributed by atoms with Crippen molar-refractivity contribution >= 4 is 46.3 Å². The average molecular weight is 337 g/mol. The fourth-order valence-corrected chi connectivity index (χ4v) is 3.85. The van der Waals surface area contributed by atoms with E-state index in [1.807, 2.05) is 0 Å². The molecule has 4 rings (SSSR count). The zero-order valence-corrected chi connectivity index (χ0v) is 14.5. The molecule has 0 atom stereocenters. The third-order valence-corrected chi connectivity index (χ3v) is 5.52. The van der Waals surface area contributed by atoms with E-state index >= 15 is 0 Å². The van der Waals surface area contributed by atoms with Crippen LogP contribution in [-0.2, 0) is 0 Å². The van der Waals surface area contributed by atoms with Crippen molar-refractivity contribution in [2.75, 3.05) is 0 Å². The Labute approximate surface area is 147 Å². The molecule has 0 aromatic heterocycles. The van der Waals surface area contributed by atoms with Gasteiger partial charge in [-0.2, -0.15) is 0 Å². The second-order valence-corrected chi connectivity index (χ2v) is 7.04. The van der Waals surface area contributed by atoms with Gasteiger partial charge in [-0.05, 0) is 48.2 Å². The van der Waals surface area contributed by atoms with Gasteiger partial charge < -0.3 is 0 Å². The quantitative estimate of drug-likeness (QED) is 0.459. The molecule has 0 amide bonds. The first kappa shape index (κ1) is 14.9. The Morgan fingerprint density at radius 1 is 0.696 bits per heavy atom. The van der Waals surface area contributed by atoms with E-state index in [2.05, 4.69) is 68.4 Å². The van der Waals surface area contributed by atoms with Crippen molar-refractivity contribution in [3.63, 3.8) is 0 Å². The van der Waals surface area contributed by atoms with Crippen LogP contribution in [0.5, 0.6) is 0 Å². The van der Waals surface area contributed by atoms with Crippen LogP contribution in [0.2, 0.25) is 10.0 Å². The zero-order chi connectivity index (χ0) is 16.1. The maximum atomic E-state index is 6.39. The van der Waals surface area contributed by atoms with Gasteiger partial charge in [-0.25, -0.2) is 0 Å². The van der Waals surface area contributed by atoms with Crippen LogP contribution in [0.4, 0.5) is 0 Å². The van der Waals surface area contributed by atoms with Gasteiger partial charge in [0.1, 0.15) is 0 Å². The third-order valence-electron chi connectivity index (χ3n) is 4.71. The number of hydrogen-bond donors (Lipinski definition) is 0. The Morgan fingerprint density at radius 3 is 1.65 bits per heavy atom. The lowest BCUT2D eigenvalue weighted by Gasteiger charge is -2.12. The van der Waals surface area contributed by atoms with Crippen molar-refractivity contribution in [1.82, 2.24) is 0 Å². The predicted octanol–water partition coefficient (Wildman–Crippen LogP) is 4.11. The van der Waals surface area contributed by atoms with E-state index < -0.39 is 0 Å². The first-order valence-electron chi connectivity index (χ1n) is 7.71. The number of rotatable bonds is 1. The number of fused-ring (bicyclic) bond motifs is 3. The van der Waals surface area contributed by atoms with Crippen LogP contribution in [0.25, 0.3) is 11.1 Å². The standard InChI is InChI=1S/C20H15BCl2/c1-12-8-17-15(10-19(12)22)16-11-20(23)13(2)9-18(16)21(17)14-6-4-3-5-7-14/h3-11H,1-2H3. The van der Waals surface area contributed by atoms with Crippen molar-refractivity contribution < 1.29 is 0 Å². The van der Waals surface area contributed by atoms with E-state index in [-0.39, 0.29) is 6.71 Å². The van der Waals surface area contributed by atoms with Gasteiger partial charge >= 0.3 is 0 Å². The highest BCUT2D eigenvalue weighted by molar-refractivity contribution is 6.99. The smallest absolute Gasteiger partial charge is 0.0840 e. The SMILES string of the molecule is Cc1cc2c(cc1Cl)-c1cc(Cl)c(C)cc1B2c1ccccc1. The molecule has 0 bridgehead atoms. The van der Waals surface area contributed by atoms with Gasteiger partial charge in [0.05, 0.1) is 0 Å². The van der Waals surface area contributed by atoms with Crippen LogP contribution in [0.15, 0.2) is 54.6 Å². The zero-order valence-electron chi connectivity index (χ0n) is 13.0. The van der Waals surface area contributed by atoms with Crippen molar-refractivity contribution in [2.45, 2.75) is 13.8 Å². The minimum absolute atomic E-state index is 0.244. The fraction of sp³-hybridized carbons (Fsp3) is 0.100. The summed E-state index contributed by atoms with van der Waals surface area (Å²) in [6.07, 6.45) is 0. The second-order valence-electron chi connectivity index (χ2n) is 6.22. The fourth-order valence-electron chi connectivity index (χ4n) is 3.52. The Kier molecular flexibility index (Phi) is 3.52. The summed E-state index contributed by atoms with van der Waals surface area (Å²) in [6.45, 7) is 4.37. The van der Waals surface area contributed by atoms with Crippen LogP contribution in [0.1, 0.15) is 11.1 Å². The van der Waals surface area contributed by atoms with Gasteiger partial charge in [-0.1, -0.05) is 82.1 Å². The van der Waals surface area contributed by atoms with Gasteiger partial charge in [0, 0.05) is 10.0 Å². The summed E-state index contributed by atoms with van der Waals surface area (Å²) >= 11 is 12.8. The molecule has 3 aromatic carbocycles. The van der Waals surface area contributed by atoms with Gasteiger partial charge in [-0.15, -0.1) is 0 Å². The molecule has 3 heteroatoms. The molecule has 0 saturated carbocycles. The van der Waals surface area contributed by atoms with Crippen LogP contribution in [-0.4, -0.2) is 6.71 Å². The summed E-state index contributed by atoms with van der Waals surface area (Å²) in [5, 5.41) is 1.61. The van der Waals surface area contributed by atoms with Crippen LogP contribution >= 0.6 is 23.2 Å². The molecule has 1 aliphatic heterocycles. The average Bonchev–Trinajstić information content (AvgIpc) is 2.82. The lowest BCUT2D eigenvalue weighted by atomic mass is 9.39. The van der Waals surface area contributed by atoms with E-state index in [9.17, 15) is 0 Å². The highest BCUT2D eigenvalue weighted by atomic mass is 35.5. The topological polar surface area (TPSA) is 0 Å². The monoisotopic (exact) mass is 336 g/mol. The number of benzene rings is 3. The summed E-state index contributed by atoms with van der Waals surface area (Å²) in [6, 6.07) is 19.2. The molecule has 1 heterocycles. The summed E-state index contributed by atoms with van der Waals surface area (Å²) in [5.74, 6) is 0. The minimum Gasteiger partial charge on any atom is -0.0840 e. The Morgan fingerprint density at radius 2 is 1.17 bits per heavy atom. The minimum atomic E-state index is 0.244. The lowest BCUT2D eigenvalue weighted by Crippen LogP contribution is -2.49. The van der Waals surface area contributed by atoms with Gasteiger partial charge in [0.25, 0.3) is 0 Å². The maximum Gasteiger partial charge on any atom is 0.242 e. The molecule has 0 radical (unpaired) electrons. The first-order valence-corrected chi connectivity index (χ1v) is 8.47. The molecular formula is C20H15BCl2. The van der Waals surface area contributed by atoms with Crippen molar-refractivity contribution in [1.29, 1.82) is 0 Å². The summed E-state index contributed by atoms with van der Waals surface area (Å²) in [7, 11) is 0. The maximum absolute atomic E-state index is 6.39. The van der Waals surface area contributed by atoms with Gasteiger partial charge in [0.15, 0.2) is 0 Å². The number of aryl methyl sites for hydroxylation is 2. The largest absolute Gasteiger partial charge is 0.242 e. The van der Waals surface area contributed by atoms with E-state index in [0.717, 1.165) is 21.2 Å². The Hall–Kier alpha value is -1.70. The van der Waals surface area contributed by atoms with Crippen molar-refractivity contribution in [3.8, 4) is 11.1 Å². The molecule has 0 fully saturated rings. The van der Waals surface area contributed by atoms with E-state index in [1.165, 1.54) is 27.5 Å². The van der Waals surface area contributed by atoms with E-state index in [0.29, 0.717) is 0 Å². The molecule has 0 saturated heterocycles. The number of hydrogen-bond acceptors (Lipinski definition) is 0. The molecule has 0 N–H and O–H groups in total. The highest BCUT2D eigenvalue weighted by Gasteiger charge is 2.34. The van der Waals surface area contributed by atoms with Crippen LogP contribution in [0, 0.1) is 13.8 Å². The van der Waals surface area contributed by atoms with Gasteiger partial charge in [-0.3, -0.25) is 0 Å². The highest BCUT2D eigenvalue weighted by Crippen LogP contribution is 2.31. The van der Waals surface area contributed by atoms with Crippen molar-refractivity contribution in [3.05, 3.63) is 75.8 Å².